The smallest absolute Gasteiger partial charge is 0.266 e. The summed E-state index contributed by atoms with van der Waals surface area (Å²) in [4.78, 5) is 12.7. The van der Waals surface area contributed by atoms with Crippen LogP contribution in [-0.4, -0.2) is 5.91 Å². The minimum absolute atomic E-state index is 0.0467. The lowest BCUT2D eigenvalue weighted by Gasteiger charge is -2.10. The Morgan fingerprint density at radius 1 is 0.846 bits per heavy atom. The van der Waals surface area contributed by atoms with E-state index >= 15 is 0 Å². The Morgan fingerprint density at radius 2 is 1.54 bits per heavy atom. The maximum atomic E-state index is 12.7. The third kappa shape index (κ3) is 7.73. The standard InChI is InChI=1S/C33H29ClN2O3/c1-22-4-7-25(8-5-22)20-38-30-13-11-29(12-14-30)36-33(37)28(19-35)17-26-10-15-32(31(34)18-26)39-21-27-9-6-23(2)24(3)16-27/h4-18H,20-21H2,1-3H3,(H,36,37)/b28-17+. The summed E-state index contributed by atoms with van der Waals surface area (Å²) < 4.78 is 11.7. The van der Waals surface area contributed by atoms with Gasteiger partial charge in [0.05, 0.1) is 5.02 Å². The predicted molar refractivity (Wildman–Crippen MR) is 156 cm³/mol. The highest BCUT2D eigenvalue weighted by atomic mass is 35.5. The van der Waals surface area contributed by atoms with Crippen LogP contribution in [0.25, 0.3) is 6.08 Å². The second-order valence-corrected chi connectivity index (χ2v) is 9.73. The van der Waals surface area contributed by atoms with E-state index in [1.54, 1.807) is 42.5 Å². The van der Waals surface area contributed by atoms with Crippen LogP contribution in [0, 0.1) is 32.1 Å². The number of aryl methyl sites for hydroxylation is 3. The summed E-state index contributed by atoms with van der Waals surface area (Å²) in [7, 11) is 0. The summed E-state index contributed by atoms with van der Waals surface area (Å²) in [6.07, 6.45) is 1.49. The lowest BCUT2D eigenvalue weighted by Crippen LogP contribution is -2.13. The highest BCUT2D eigenvalue weighted by Gasteiger charge is 2.11. The Hall–Kier alpha value is -4.53. The van der Waals surface area contributed by atoms with E-state index in [9.17, 15) is 10.1 Å². The van der Waals surface area contributed by atoms with Crippen molar-refractivity contribution in [3.05, 3.63) is 129 Å². The summed E-state index contributed by atoms with van der Waals surface area (Å²) in [5.74, 6) is 0.691. The summed E-state index contributed by atoms with van der Waals surface area (Å²) in [5.41, 5.74) is 6.87. The zero-order chi connectivity index (χ0) is 27.8. The van der Waals surface area contributed by atoms with Gasteiger partial charge in [-0.05, 0) is 91.1 Å². The van der Waals surface area contributed by atoms with Gasteiger partial charge >= 0.3 is 0 Å². The number of ether oxygens (including phenoxy) is 2. The summed E-state index contributed by atoms with van der Waals surface area (Å²) in [5, 5.41) is 12.7. The number of nitrogens with one attached hydrogen (secondary N) is 1. The quantitative estimate of drug-likeness (QED) is 0.174. The van der Waals surface area contributed by atoms with Gasteiger partial charge in [-0.15, -0.1) is 0 Å². The second kappa shape index (κ2) is 12.8. The van der Waals surface area contributed by atoms with E-state index in [-0.39, 0.29) is 5.57 Å². The normalized spacial score (nSPS) is 11.0. The van der Waals surface area contributed by atoms with Gasteiger partial charge in [0.15, 0.2) is 0 Å². The van der Waals surface area contributed by atoms with Gasteiger partial charge in [-0.1, -0.05) is 65.7 Å². The van der Waals surface area contributed by atoms with E-state index in [2.05, 4.69) is 31.3 Å². The minimum Gasteiger partial charge on any atom is -0.489 e. The molecule has 1 N–H and O–H groups in total. The summed E-state index contributed by atoms with van der Waals surface area (Å²) in [6, 6.07) is 28.5. The molecule has 196 valence electrons. The molecule has 0 aliphatic heterocycles. The fraction of sp³-hybridized carbons (Fsp3) is 0.152. The molecule has 5 nitrogen and oxygen atoms in total. The Kier molecular flexibility index (Phi) is 9.04. The molecule has 39 heavy (non-hydrogen) atoms. The van der Waals surface area contributed by atoms with Gasteiger partial charge in [0.2, 0.25) is 0 Å². The van der Waals surface area contributed by atoms with Crippen LogP contribution in [0.1, 0.15) is 33.4 Å². The second-order valence-electron chi connectivity index (χ2n) is 9.32. The Balaban J connectivity index is 1.35. The Labute approximate surface area is 234 Å². The first-order valence-corrected chi connectivity index (χ1v) is 12.9. The van der Waals surface area contributed by atoms with Gasteiger partial charge in [-0.25, -0.2) is 0 Å². The van der Waals surface area contributed by atoms with E-state index < -0.39 is 5.91 Å². The molecule has 0 radical (unpaired) electrons. The molecule has 0 aliphatic carbocycles. The first kappa shape index (κ1) is 27.5. The molecule has 0 heterocycles. The average Bonchev–Trinajstić information content (AvgIpc) is 2.93. The number of nitriles is 1. The first-order chi connectivity index (χ1) is 18.8. The van der Waals surface area contributed by atoms with Crippen molar-refractivity contribution in [2.24, 2.45) is 0 Å². The van der Waals surface area contributed by atoms with E-state index in [1.165, 1.54) is 22.8 Å². The Morgan fingerprint density at radius 3 is 2.21 bits per heavy atom. The van der Waals surface area contributed by atoms with Gasteiger partial charge in [-0.3, -0.25) is 4.79 Å². The van der Waals surface area contributed by atoms with Crippen LogP contribution in [0.3, 0.4) is 0 Å². The molecule has 6 heteroatoms. The number of hydrogen-bond donors (Lipinski definition) is 1. The molecular weight excluding hydrogens is 508 g/mol. The van der Waals surface area contributed by atoms with Gasteiger partial charge in [-0.2, -0.15) is 5.26 Å². The predicted octanol–water partition coefficient (Wildman–Crippen LogP) is 7.97. The van der Waals surface area contributed by atoms with Crippen LogP contribution in [0.15, 0.2) is 90.5 Å². The molecule has 0 aliphatic rings. The van der Waals surface area contributed by atoms with Crippen molar-refractivity contribution in [1.82, 2.24) is 0 Å². The summed E-state index contributed by atoms with van der Waals surface area (Å²) >= 11 is 6.43. The highest BCUT2D eigenvalue weighted by molar-refractivity contribution is 6.32. The van der Waals surface area contributed by atoms with Crippen LogP contribution >= 0.6 is 11.6 Å². The number of anilines is 1. The van der Waals surface area contributed by atoms with Crippen molar-refractivity contribution in [2.45, 2.75) is 34.0 Å². The van der Waals surface area contributed by atoms with E-state index in [0.29, 0.717) is 41.0 Å². The van der Waals surface area contributed by atoms with E-state index in [0.717, 1.165) is 11.1 Å². The van der Waals surface area contributed by atoms with E-state index in [1.807, 2.05) is 43.3 Å². The monoisotopic (exact) mass is 536 g/mol. The van der Waals surface area contributed by atoms with Crippen molar-refractivity contribution >= 4 is 29.3 Å². The molecule has 0 unspecified atom stereocenters. The number of benzene rings is 4. The molecule has 0 saturated heterocycles. The average molecular weight is 537 g/mol. The van der Waals surface area contributed by atoms with Gasteiger partial charge < -0.3 is 14.8 Å². The molecular formula is C33H29ClN2O3. The summed E-state index contributed by atoms with van der Waals surface area (Å²) in [6.45, 7) is 7.01. The van der Waals surface area contributed by atoms with Gasteiger partial charge in [0.1, 0.15) is 36.4 Å². The van der Waals surface area contributed by atoms with E-state index in [4.69, 9.17) is 21.1 Å². The first-order valence-electron chi connectivity index (χ1n) is 12.5. The van der Waals surface area contributed by atoms with Crippen LogP contribution in [0.2, 0.25) is 5.02 Å². The molecule has 4 aromatic rings. The van der Waals surface area contributed by atoms with Crippen molar-refractivity contribution in [1.29, 1.82) is 5.26 Å². The third-order valence-electron chi connectivity index (χ3n) is 6.24. The van der Waals surface area contributed by atoms with Crippen molar-refractivity contribution in [2.75, 3.05) is 5.32 Å². The fourth-order valence-electron chi connectivity index (χ4n) is 3.78. The molecule has 0 spiro atoms. The third-order valence-corrected chi connectivity index (χ3v) is 6.53. The van der Waals surface area contributed by atoms with Crippen molar-refractivity contribution in [3.8, 4) is 17.6 Å². The molecule has 4 rings (SSSR count). The molecule has 0 aromatic heterocycles. The van der Waals surface area contributed by atoms with Gasteiger partial charge in [0, 0.05) is 5.69 Å². The number of amides is 1. The number of halogens is 1. The number of carbonyl (C=O) groups excluding carboxylic acids is 1. The molecule has 0 saturated carbocycles. The Bertz CT molecular complexity index is 1540. The zero-order valence-corrected chi connectivity index (χ0v) is 22.9. The van der Waals surface area contributed by atoms with Gasteiger partial charge in [0.25, 0.3) is 5.91 Å². The molecule has 1 amide bonds. The molecule has 0 atom stereocenters. The maximum absolute atomic E-state index is 12.7. The lowest BCUT2D eigenvalue weighted by molar-refractivity contribution is -0.112. The zero-order valence-electron chi connectivity index (χ0n) is 22.1. The van der Waals surface area contributed by atoms with Crippen molar-refractivity contribution < 1.29 is 14.3 Å². The van der Waals surface area contributed by atoms with Crippen LogP contribution in [-0.2, 0) is 18.0 Å². The number of carbonyl (C=O) groups is 1. The number of nitrogens with zero attached hydrogens (tertiary/aromatic N) is 1. The number of rotatable bonds is 9. The largest absolute Gasteiger partial charge is 0.489 e. The SMILES string of the molecule is Cc1ccc(COc2ccc(NC(=O)/C(C#N)=C/c3ccc(OCc4ccc(C)c(C)c4)c(Cl)c3)cc2)cc1. The molecule has 0 fully saturated rings. The van der Waals surface area contributed by atoms with Crippen LogP contribution in [0.4, 0.5) is 5.69 Å². The highest BCUT2D eigenvalue weighted by Crippen LogP contribution is 2.28. The lowest BCUT2D eigenvalue weighted by atomic mass is 10.1. The molecule has 0 bridgehead atoms. The maximum Gasteiger partial charge on any atom is 0.266 e. The van der Waals surface area contributed by atoms with Crippen LogP contribution < -0.4 is 14.8 Å². The van der Waals surface area contributed by atoms with Crippen molar-refractivity contribution in [3.63, 3.8) is 0 Å². The fourth-order valence-corrected chi connectivity index (χ4v) is 4.02. The minimum atomic E-state index is -0.517. The topological polar surface area (TPSA) is 71.3 Å². The molecule has 4 aromatic carbocycles. The number of hydrogen-bond acceptors (Lipinski definition) is 4. The van der Waals surface area contributed by atoms with Crippen LogP contribution in [0.5, 0.6) is 11.5 Å².